The summed E-state index contributed by atoms with van der Waals surface area (Å²) in [6.07, 6.45) is 4.40. The van der Waals surface area contributed by atoms with Gasteiger partial charge in [-0.05, 0) is 144 Å². The van der Waals surface area contributed by atoms with Gasteiger partial charge in [0.05, 0.1) is 0 Å². The number of anilines is 6. The summed E-state index contributed by atoms with van der Waals surface area (Å²) in [6.45, 7) is 6.39. The molecule has 0 saturated carbocycles. The average molecular weight is 759 g/mol. The van der Waals surface area contributed by atoms with Crippen molar-refractivity contribution in [1.29, 1.82) is 0 Å². The van der Waals surface area contributed by atoms with Crippen LogP contribution in [0, 0.1) is 20.8 Å². The first kappa shape index (κ1) is 37.2. The van der Waals surface area contributed by atoms with E-state index >= 15 is 0 Å². The van der Waals surface area contributed by atoms with Crippen LogP contribution in [-0.2, 0) is 0 Å². The van der Waals surface area contributed by atoms with Gasteiger partial charge >= 0.3 is 0 Å². The summed E-state index contributed by atoms with van der Waals surface area (Å²) < 4.78 is 0. The molecule has 0 heterocycles. The number of hydrogen-bond acceptors (Lipinski definition) is 2. The van der Waals surface area contributed by atoms with Gasteiger partial charge in [-0.3, -0.25) is 0 Å². The second-order valence-electron chi connectivity index (χ2n) is 15.4. The molecule has 0 unspecified atom stereocenters. The zero-order chi connectivity index (χ0) is 40.1. The van der Waals surface area contributed by atoms with E-state index in [1.807, 2.05) is 0 Å². The lowest BCUT2D eigenvalue weighted by atomic mass is 10.00. The summed E-state index contributed by atoms with van der Waals surface area (Å²) in [5.74, 6) is 0. The highest BCUT2D eigenvalue weighted by molar-refractivity contribution is 5.91. The van der Waals surface area contributed by atoms with Crippen LogP contribution in [0.3, 0.4) is 0 Å². The van der Waals surface area contributed by atoms with Crippen molar-refractivity contribution in [2.45, 2.75) is 20.8 Å². The second-order valence-corrected chi connectivity index (χ2v) is 15.4. The summed E-state index contributed by atoms with van der Waals surface area (Å²) in [5.41, 5.74) is 17.7. The molecule has 0 spiro atoms. The molecule has 0 aromatic heterocycles. The molecule has 284 valence electrons. The van der Waals surface area contributed by atoms with Crippen molar-refractivity contribution in [3.63, 3.8) is 0 Å². The van der Waals surface area contributed by atoms with Crippen molar-refractivity contribution in [3.8, 4) is 22.3 Å². The molecule has 0 aliphatic rings. The molecule has 0 bridgehead atoms. The van der Waals surface area contributed by atoms with E-state index in [2.05, 4.69) is 255 Å². The smallest absolute Gasteiger partial charge is 0.0468 e. The molecule has 9 rings (SSSR count). The van der Waals surface area contributed by atoms with Gasteiger partial charge in [0, 0.05) is 34.1 Å². The number of benzene rings is 9. The van der Waals surface area contributed by atoms with Crippen LogP contribution in [0.5, 0.6) is 0 Å². The van der Waals surface area contributed by atoms with Gasteiger partial charge in [-0.1, -0.05) is 162 Å². The molecule has 59 heavy (non-hydrogen) atoms. The fraction of sp³-hybridized carbons (Fsp3) is 0.0526. The van der Waals surface area contributed by atoms with Crippen molar-refractivity contribution in [3.05, 3.63) is 240 Å². The van der Waals surface area contributed by atoms with Gasteiger partial charge in [0.2, 0.25) is 0 Å². The van der Waals surface area contributed by atoms with Crippen molar-refractivity contribution in [2.75, 3.05) is 9.80 Å². The number of rotatable bonds is 10. The quantitative estimate of drug-likeness (QED) is 0.128. The fourth-order valence-electron chi connectivity index (χ4n) is 7.69. The van der Waals surface area contributed by atoms with Crippen LogP contribution >= 0.6 is 0 Å². The Bertz CT molecular complexity index is 2790. The van der Waals surface area contributed by atoms with Crippen LogP contribution < -0.4 is 9.80 Å². The maximum Gasteiger partial charge on any atom is 0.0468 e. The number of aryl methyl sites for hydroxylation is 3. The normalized spacial score (nSPS) is 11.2. The van der Waals surface area contributed by atoms with Gasteiger partial charge < -0.3 is 9.80 Å². The monoisotopic (exact) mass is 758 g/mol. The van der Waals surface area contributed by atoms with Crippen molar-refractivity contribution in [1.82, 2.24) is 0 Å². The molecule has 0 atom stereocenters. The van der Waals surface area contributed by atoms with E-state index in [1.54, 1.807) is 0 Å². The highest BCUT2D eigenvalue weighted by atomic mass is 15.1. The Kier molecular flexibility index (Phi) is 10.5. The van der Waals surface area contributed by atoms with E-state index in [9.17, 15) is 0 Å². The predicted octanol–water partition coefficient (Wildman–Crippen LogP) is 16.2. The van der Waals surface area contributed by atoms with Gasteiger partial charge in [-0.15, -0.1) is 0 Å². The molecule has 0 aliphatic carbocycles. The predicted molar refractivity (Wildman–Crippen MR) is 254 cm³/mol. The highest BCUT2D eigenvalue weighted by Crippen LogP contribution is 2.38. The Morgan fingerprint density at radius 1 is 0.271 bits per heavy atom. The molecule has 9 aromatic rings. The molecule has 0 radical (unpaired) electrons. The summed E-state index contributed by atoms with van der Waals surface area (Å²) >= 11 is 0. The molecule has 9 aromatic carbocycles. The first-order valence-electron chi connectivity index (χ1n) is 20.3. The van der Waals surface area contributed by atoms with E-state index < -0.39 is 0 Å². The van der Waals surface area contributed by atoms with E-state index in [4.69, 9.17) is 0 Å². The third-order valence-corrected chi connectivity index (χ3v) is 11.1. The Morgan fingerprint density at radius 2 is 0.593 bits per heavy atom. The van der Waals surface area contributed by atoms with E-state index in [0.717, 1.165) is 39.7 Å². The van der Waals surface area contributed by atoms with Crippen LogP contribution in [-0.4, -0.2) is 0 Å². The SMILES string of the molecule is Cc1ccc(N(c2ccc(/C=C/c3ccc4cc(N(c5ccc(C)cc5)c5ccc(C)cc5)ccc4c3)cc2)c2ccc(-c3ccc(-c4ccccc4)cc3)cc2)cc1. The molecule has 2 nitrogen and oxygen atoms in total. The summed E-state index contributed by atoms with van der Waals surface area (Å²) in [4.78, 5) is 4.66. The standard InChI is InChI=1S/C57H46N2/c1-41-9-28-52(29-10-41)58(56-36-25-49(26-37-56)48-23-21-47(22-24-48)46-7-5-4-6-8-46)55-34-18-44(19-35-55)15-16-45-17-20-51-40-57(38-27-50(51)39-45)59(53-30-11-42(2)12-31-53)54-32-13-43(3)14-33-54/h4-40H,1-3H3/b16-15+. The van der Waals surface area contributed by atoms with Crippen molar-refractivity contribution >= 4 is 57.0 Å². The lowest BCUT2D eigenvalue weighted by Gasteiger charge is -2.26. The van der Waals surface area contributed by atoms with Crippen LogP contribution in [0.1, 0.15) is 27.8 Å². The van der Waals surface area contributed by atoms with Crippen molar-refractivity contribution in [2.24, 2.45) is 0 Å². The zero-order valence-corrected chi connectivity index (χ0v) is 33.8. The molecule has 0 N–H and O–H groups in total. The Morgan fingerprint density at radius 3 is 1.08 bits per heavy atom. The van der Waals surface area contributed by atoms with Crippen LogP contribution in [0.25, 0.3) is 45.2 Å². The van der Waals surface area contributed by atoms with E-state index in [1.165, 1.54) is 55.3 Å². The largest absolute Gasteiger partial charge is 0.311 e. The number of fused-ring (bicyclic) bond motifs is 1. The third kappa shape index (κ3) is 8.35. The molecule has 0 saturated heterocycles. The van der Waals surface area contributed by atoms with Crippen molar-refractivity contribution < 1.29 is 0 Å². The minimum Gasteiger partial charge on any atom is -0.311 e. The van der Waals surface area contributed by atoms with Gasteiger partial charge in [0.15, 0.2) is 0 Å². The van der Waals surface area contributed by atoms with E-state index in [0.29, 0.717) is 0 Å². The van der Waals surface area contributed by atoms with Gasteiger partial charge in [0.1, 0.15) is 0 Å². The lowest BCUT2D eigenvalue weighted by molar-refractivity contribution is 1.27. The van der Waals surface area contributed by atoms with Gasteiger partial charge in [0.25, 0.3) is 0 Å². The Hall–Kier alpha value is -7.42. The van der Waals surface area contributed by atoms with Gasteiger partial charge in [-0.2, -0.15) is 0 Å². The molecule has 0 amide bonds. The minimum atomic E-state index is 1.11. The summed E-state index contributed by atoms with van der Waals surface area (Å²) in [5, 5.41) is 2.42. The molecular formula is C57H46N2. The first-order chi connectivity index (χ1) is 28.9. The molecular weight excluding hydrogens is 713 g/mol. The maximum atomic E-state index is 2.33. The van der Waals surface area contributed by atoms with E-state index in [-0.39, 0.29) is 0 Å². The number of nitrogens with zero attached hydrogens (tertiary/aromatic N) is 2. The van der Waals surface area contributed by atoms with Gasteiger partial charge in [-0.25, -0.2) is 0 Å². The van der Waals surface area contributed by atoms with Crippen LogP contribution in [0.2, 0.25) is 0 Å². The minimum absolute atomic E-state index is 1.11. The van der Waals surface area contributed by atoms with Crippen LogP contribution in [0.15, 0.2) is 212 Å². The third-order valence-electron chi connectivity index (χ3n) is 11.1. The summed E-state index contributed by atoms with van der Waals surface area (Å²) in [7, 11) is 0. The fourth-order valence-corrected chi connectivity index (χ4v) is 7.69. The summed E-state index contributed by atoms with van der Waals surface area (Å²) in [6, 6.07) is 76.8. The Labute approximate surface area is 348 Å². The van der Waals surface area contributed by atoms with Crippen LogP contribution in [0.4, 0.5) is 34.1 Å². The number of hydrogen-bond donors (Lipinski definition) is 0. The average Bonchev–Trinajstić information content (AvgIpc) is 3.29. The highest BCUT2D eigenvalue weighted by Gasteiger charge is 2.15. The zero-order valence-electron chi connectivity index (χ0n) is 33.8. The lowest BCUT2D eigenvalue weighted by Crippen LogP contribution is -2.09. The molecule has 0 fully saturated rings. The topological polar surface area (TPSA) is 6.48 Å². The molecule has 2 heteroatoms. The Balaban J connectivity index is 0.945. The molecule has 0 aliphatic heterocycles. The second kappa shape index (κ2) is 16.6. The first-order valence-corrected chi connectivity index (χ1v) is 20.3. The maximum absolute atomic E-state index is 2.33.